The summed E-state index contributed by atoms with van der Waals surface area (Å²) in [5.74, 6) is 0.315. The van der Waals surface area contributed by atoms with Gasteiger partial charge in [-0.15, -0.1) is 0 Å². The van der Waals surface area contributed by atoms with Gasteiger partial charge in [-0.1, -0.05) is 61.9 Å². The van der Waals surface area contributed by atoms with Gasteiger partial charge in [-0.25, -0.2) is 4.98 Å². The summed E-state index contributed by atoms with van der Waals surface area (Å²) in [6, 6.07) is 17.3. The molecule has 0 atom stereocenters. The van der Waals surface area contributed by atoms with Gasteiger partial charge in [0.15, 0.2) is 5.16 Å². The fraction of sp³-hybridized carbons (Fsp3) is 0.438. The molecule has 0 N–H and O–H groups in total. The zero-order valence-electron chi connectivity index (χ0n) is 23.5. The standard InChI is InChI=1S/C32H36N4O4S/c1-2-29(37)40-25-12-8-9-22(17-25)18-34-19-23(20-34)30(38)35-16-15-28-27(21-35)31(39)36(24-10-4-3-5-11-24)32(33-28)41-26-13-6-7-14-26/h3-5,8-12,17,23,26H,2,6-7,13-16,18-21H2,1H3. The van der Waals surface area contributed by atoms with Gasteiger partial charge in [0.05, 0.1) is 29.4 Å². The predicted octanol–water partition coefficient (Wildman–Crippen LogP) is 4.60. The van der Waals surface area contributed by atoms with Gasteiger partial charge in [0.2, 0.25) is 5.91 Å². The number of benzene rings is 2. The van der Waals surface area contributed by atoms with Crippen LogP contribution in [0.4, 0.5) is 0 Å². The summed E-state index contributed by atoms with van der Waals surface area (Å²) >= 11 is 1.73. The number of esters is 1. The van der Waals surface area contributed by atoms with Gasteiger partial charge in [0.1, 0.15) is 5.75 Å². The molecule has 8 nitrogen and oxygen atoms in total. The van der Waals surface area contributed by atoms with E-state index >= 15 is 0 Å². The molecule has 3 aromatic rings. The molecule has 3 heterocycles. The zero-order chi connectivity index (χ0) is 28.3. The normalized spacial score (nSPS) is 17.7. The molecule has 1 saturated heterocycles. The average Bonchev–Trinajstić information content (AvgIpc) is 3.48. The lowest BCUT2D eigenvalue weighted by molar-refractivity contribution is -0.142. The van der Waals surface area contributed by atoms with E-state index in [-0.39, 0.29) is 23.4 Å². The van der Waals surface area contributed by atoms with Gasteiger partial charge >= 0.3 is 5.97 Å². The smallest absolute Gasteiger partial charge is 0.310 e. The van der Waals surface area contributed by atoms with E-state index in [1.54, 1.807) is 29.3 Å². The van der Waals surface area contributed by atoms with Crippen molar-refractivity contribution < 1.29 is 14.3 Å². The minimum Gasteiger partial charge on any atom is -0.427 e. The van der Waals surface area contributed by atoms with Gasteiger partial charge < -0.3 is 9.64 Å². The lowest BCUT2D eigenvalue weighted by atomic mass is 9.96. The van der Waals surface area contributed by atoms with Crippen molar-refractivity contribution in [3.8, 4) is 11.4 Å². The number of carbonyl (C=O) groups is 2. The number of aromatic nitrogens is 2. The first-order valence-electron chi connectivity index (χ1n) is 14.7. The summed E-state index contributed by atoms with van der Waals surface area (Å²) in [7, 11) is 0. The maximum atomic E-state index is 13.9. The number of rotatable bonds is 8. The monoisotopic (exact) mass is 572 g/mol. The Bertz CT molecular complexity index is 1480. The molecule has 0 spiro atoms. The molecule has 3 aliphatic rings. The molecule has 2 fully saturated rings. The van der Waals surface area contributed by atoms with Crippen molar-refractivity contribution in [1.29, 1.82) is 0 Å². The first-order valence-corrected chi connectivity index (χ1v) is 15.5. The Morgan fingerprint density at radius 3 is 2.59 bits per heavy atom. The molecule has 1 aromatic heterocycles. The van der Waals surface area contributed by atoms with Crippen LogP contribution in [-0.4, -0.2) is 56.1 Å². The van der Waals surface area contributed by atoms with E-state index in [0.29, 0.717) is 62.1 Å². The van der Waals surface area contributed by atoms with Crippen LogP contribution in [0.2, 0.25) is 0 Å². The van der Waals surface area contributed by atoms with E-state index in [4.69, 9.17) is 9.72 Å². The minimum absolute atomic E-state index is 0.0573. The molecule has 6 rings (SSSR count). The maximum absolute atomic E-state index is 13.9. The number of hydrogen-bond acceptors (Lipinski definition) is 7. The van der Waals surface area contributed by atoms with Gasteiger partial charge in [-0.05, 0) is 42.7 Å². The number of amides is 1. The van der Waals surface area contributed by atoms with Crippen LogP contribution in [0.25, 0.3) is 5.69 Å². The molecule has 2 aliphatic heterocycles. The first kappa shape index (κ1) is 27.7. The SMILES string of the molecule is CCC(=O)Oc1cccc(CN2CC(C(=O)N3CCc4nc(SC5CCCC5)n(-c5ccccc5)c(=O)c4C3)C2)c1. The number of nitrogens with zero attached hydrogens (tertiary/aromatic N) is 4. The van der Waals surface area contributed by atoms with E-state index in [0.717, 1.165) is 34.9 Å². The fourth-order valence-electron chi connectivity index (χ4n) is 5.96. The summed E-state index contributed by atoms with van der Waals surface area (Å²) in [4.78, 5) is 48.1. The van der Waals surface area contributed by atoms with E-state index < -0.39 is 0 Å². The van der Waals surface area contributed by atoms with E-state index in [1.165, 1.54) is 12.8 Å². The van der Waals surface area contributed by atoms with Gasteiger partial charge in [-0.3, -0.25) is 23.9 Å². The molecule has 41 heavy (non-hydrogen) atoms. The number of para-hydroxylation sites is 1. The van der Waals surface area contributed by atoms with Crippen LogP contribution < -0.4 is 10.3 Å². The van der Waals surface area contributed by atoms with Crippen LogP contribution in [0.15, 0.2) is 64.5 Å². The van der Waals surface area contributed by atoms with Crippen molar-refractivity contribution in [1.82, 2.24) is 19.4 Å². The Balaban J connectivity index is 1.13. The van der Waals surface area contributed by atoms with Crippen LogP contribution in [0, 0.1) is 5.92 Å². The molecular weight excluding hydrogens is 536 g/mol. The summed E-state index contributed by atoms with van der Waals surface area (Å²) in [6.45, 7) is 4.70. The third kappa shape index (κ3) is 6.11. The Morgan fingerprint density at radius 2 is 1.83 bits per heavy atom. The summed E-state index contributed by atoms with van der Waals surface area (Å²) in [6.07, 6.45) is 5.71. The number of likely N-dealkylation sites (tertiary alicyclic amines) is 1. The molecule has 0 unspecified atom stereocenters. The molecular formula is C32H36N4O4S. The number of carbonyl (C=O) groups excluding carboxylic acids is 2. The molecule has 1 amide bonds. The minimum atomic E-state index is -0.255. The Morgan fingerprint density at radius 1 is 1.05 bits per heavy atom. The van der Waals surface area contributed by atoms with Gasteiger partial charge in [0, 0.05) is 44.3 Å². The van der Waals surface area contributed by atoms with E-state index in [9.17, 15) is 14.4 Å². The average molecular weight is 573 g/mol. The molecule has 1 aliphatic carbocycles. The first-order chi connectivity index (χ1) is 20.0. The highest BCUT2D eigenvalue weighted by Crippen LogP contribution is 2.35. The third-order valence-electron chi connectivity index (χ3n) is 8.23. The summed E-state index contributed by atoms with van der Waals surface area (Å²) < 4.78 is 7.10. The molecule has 0 radical (unpaired) electrons. The molecule has 2 aromatic carbocycles. The summed E-state index contributed by atoms with van der Waals surface area (Å²) in [5.41, 5.74) is 3.28. The third-order valence-corrected chi connectivity index (χ3v) is 9.52. The topological polar surface area (TPSA) is 84.7 Å². The molecule has 0 bridgehead atoms. The molecule has 214 valence electrons. The highest BCUT2D eigenvalue weighted by Gasteiger charge is 2.37. The second-order valence-electron chi connectivity index (χ2n) is 11.2. The Hall–Kier alpha value is -3.43. The Kier molecular flexibility index (Phi) is 8.25. The number of hydrogen-bond donors (Lipinski definition) is 0. The Labute approximate surface area is 244 Å². The van der Waals surface area contributed by atoms with Crippen molar-refractivity contribution in [3.63, 3.8) is 0 Å². The lowest BCUT2D eigenvalue weighted by Crippen LogP contribution is -2.55. The van der Waals surface area contributed by atoms with Crippen molar-refractivity contribution in [3.05, 3.63) is 81.8 Å². The van der Waals surface area contributed by atoms with Crippen LogP contribution in [0.5, 0.6) is 5.75 Å². The van der Waals surface area contributed by atoms with Crippen molar-refractivity contribution >= 4 is 23.6 Å². The van der Waals surface area contributed by atoms with Crippen LogP contribution in [0.1, 0.15) is 55.8 Å². The summed E-state index contributed by atoms with van der Waals surface area (Å²) in [5, 5.41) is 1.27. The predicted molar refractivity (Wildman–Crippen MR) is 158 cm³/mol. The number of ether oxygens (including phenoxy) is 1. The van der Waals surface area contributed by atoms with Crippen molar-refractivity contribution in [2.24, 2.45) is 5.92 Å². The van der Waals surface area contributed by atoms with Crippen molar-refractivity contribution in [2.75, 3.05) is 19.6 Å². The van der Waals surface area contributed by atoms with Crippen LogP contribution >= 0.6 is 11.8 Å². The van der Waals surface area contributed by atoms with Crippen LogP contribution in [0.3, 0.4) is 0 Å². The van der Waals surface area contributed by atoms with Gasteiger partial charge in [0.25, 0.3) is 5.56 Å². The maximum Gasteiger partial charge on any atom is 0.310 e. The highest BCUT2D eigenvalue weighted by molar-refractivity contribution is 7.99. The highest BCUT2D eigenvalue weighted by atomic mass is 32.2. The largest absolute Gasteiger partial charge is 0.427 e. The lowest BCUT2D eigenvalue weighted by Gasteiger charge is -2.41. The fourth-order valence-corrected chi connectivity index (χ4v) is 7.29. The molecule has 1 saturated carbocycles. The quantitative estimate of drug-likeness (QED) is 0.222. The van der Waals surface area contributed by atoms with Crippen LogP contribution in [-0.2, 0) is 29.1 Å². The molecule has 9 heteroatoms. The number of fused-ring (bicyclic) bond motifs is 1. The van der Waals surface area contributed by atoms with Gasteiger partial charge in [-0.2, -0.15) is 0 Å². The second-order valence-corrected chi connectivity index (χ2v) is 12.5. The van der Waals surface area contributed by atoms with Crippen molar-refractivity contribution in [2.45, 2.75) is 68.9 Å². The number of thioether (sulfide) groups is 1. The van der Waals surface area contributed by atoms with E-state index in [2.05, 4.69) is 4.90 Å². The second kappa shape index (κ2) is 12.2. The van der Waals surface area contributed by atoms with E-state index in [1.807, 2.05) is 53.4 Å². The zero-order valence-corrected chi connectivity index (χ0v) is 24.3.